The summed E-state index contributed by atoms with van der Waals surface area (Å²) in [4.78, 5) is 23.0. The average molecular weight is 263 g/mol. The van der Waals surface area contributed by atoms with Gasteiger partial charge in [0.2, 0.25) is 5.91 Å². The molecular formula is C14H21N3O2. The fourth-order valence-electron chi connectivity index (χ4n) is 1.70. The molecule has 0 heterocycles. The molecule has 104 valence electrons. The number of hydrogen-bond acceptors (Lipinski definition) is 3. The van der Waals surface area contributed by atoms with Gasteiger partial charge in [-0.05, 0) is 39.3 Å². The molecule has 0 saturated carbocycles. The van der Waals surface area contributed by atoms with Gasteiger partial charge in [0.15, 0.2) is 0 Å². The van der Waals surface area contributed by atoms with Crippen molar-refractivity contribution in [1.29, 1.82) is 0 Å². The Bertz CT molecular complexity index is 472. The van der Waals surface area contributed by atoms with Crippen LogP contribution in [0.25, 0.3) is 0 Å². The first-order valence-electron chi connectivity index (χ1n) is 6.36. The molecule has 0 spiro atoms. The van der Waals surface area contributed by atoms with Crippen molar-refractivity contribution < 1.29 is 9.59 Å². The first-order valence-corrected chi connectivity index (χ1v) is 6.36. The summed E-state index contributed by atoms with van der Waals surface area (Å²) in [5, 5.41) is 7.89. The summed E-state index contributed by atoms with van der Waals surface area (Å²) in [6, 6.07) is 4.99. The average Bonchev–Trinajstić information content (AvgIpc) is 2.32. The zero-order valence-corrected chi connectivity index (χ0v) is 11.8. The van der Waals surface area contributed by atoms with Gasteiger partial charge in [0.1, 0.15) is 6.04 Å². The van der Waals surface area contributed by atoms with Crippen molar-refractivity contribution >= 4 is 17.6 Å². The van der Waals surface area contributed by atoms with E-state index < -0.39 is 12.1 Å². The van der Waals surface area contributed by atoms with E-state index in [1.54, 1.807) is 13.8 Å². The molecule has 1 aromatic rings. The molecule has 1 unspecified atom stereocenters. The number of nitrogens with one attached hydrogen (secondary N) is 3. The molecule has 0 aliphatic heterocycles. The second-order valence-electron chi connectivity index (χ2n) is 4.53. The van der Waals surface area contributed by atoms with Crippen molar-refractivity contribution in [2.75, 3.05) is 11.9 Å². The van der Waals surface area contributed by atoms with Crippen LogP contribution in [0.1, 0.15) is 25.0 Å². The van der Waals surface area contributed by atoms with Crippen molar-refractivity contribution in [3.05, 3.63) is 29.3 Å². The van der Waals surface area contributed by atoms with Gasteiger partial charge in [0, 0.05) is 12.2 Å². The number of rotatable bonds is 4. The smallest absolute Gasteiger partial charge is 0.321 e. The zero-order valence-electron chi connectivity index (χ0n) is 11.8. The standard InChI is InChI=1S/C14H21N3O2/c1-5-15-14(19)17-13(18)11(4)16-12-7-6-9(2)8-10(12)3/h6-8,11,16H,5H2,1-4H3,(H2,15,17,18,19). The molecule has 0 bridgehead atoms. The summed E-state index contributed by atoms with van der Waals surface area (Å²) in [5.41, 5.74) is 3.13. The van der Waals surface area contributed by atoms with Crippen LogP contribution in [-0.4, -0.2) is 24.5 Å². The second-order valence-corrected chi connectivity index (χ2v) is 4.53. The zero-order chi connectivity index (χ0) is 14.4. The number of urea groups is 1. The Labute approximate surface area is 113 Å². The first kappa shape index (κ1) is 15.0. The summed E-state index contributed by atoms with van der Waals surface area (Å²) in [6.45, 7) is 7.99. The first-order chi connectivity index (χ1) is 8.93. The molecule has 19 heavy (non-hydrogen) atoms. The lowest BCUT2D eigenvalue weighted by molar-refractivity contribution is -0.120. The number of carbonyl (C=O) groups is 2. The maximum absolute atomic E-state index is 11.8. The summed E-state index contributed by atoms with van der Waals surface area (Å²) >= 11 is 0. The molecule has 3 amide bonds. The molecule has 1 aromatic carbocycles. The van der Waals surface area contributed by atoms with Crippen LogP contribution in [-0.2, 0) is 4.79 Å². The molecule has 5 heteroatoms. The minimum Gasteiger partial charge on any atom is -0.374 e. The van der Waals surface area contributed by atoms with E-state index in [1.165, 1.54) is 5.56 Å². The quantitative estimate of drug-likeness (QED) is 0.777. The lowest BCUT2D eigenvalue weighted by Crippen LogP contribution is -2.45. The minimum absolute atomic E-state index is 0.356. The lowest BCUT2D eigenvalue weighted by Gasteiger charge is -2.16. The van der Waals surface area contributed by atoms with Gasteiger partial charge in [0.05, 0.1) is 0 Å². The molecule has 1 rings (SSSR count). The summed E-state index contributed by atoms with van der Waals surface area (Å²) in [6.07, 6.45) is 0. The molecule has 1 atom stereocenters. The van der Waals surface area contributed by atoms with Crippen molar-refractivity contribution in [2.45, 2.75) is 33.7 Å². The number of amides is 3. The van der Waals surface area contributed by atoms with Crippen LogP contribution >= 0.6 is 0 Å². The number of anilines is 1. The Balaban J connectivity index is 2.61. The SMILES string of the molecule is CCNC(=O)NC(=O)C(C)Nc1ccc(C)cc1C. The molecule has 0 radical (unpaired) electrons. The number of benzene rings is 1. The molecule has 0 aromatic heterocycles. The third kappa shape index (κ3) is 4.62. The molecule has 0 saturated heterocycles. The molecule has 0 aliphatic carbocycles. The normalized spacial score (nSPS) is 11.6. The van der Waals surface area contributed by atoms with Crippen LogP contribution in [0, 0.1) is 13.8 Å². The van der Waals surface area contributed by atoms with Gasteiger partial charge in [-0.15, -0.1) is 0 Å². The minimum atomic E-state index is -0.482. The highest BCUT2D eigenvalue weighted by Crippen LogP contribution is 2.16. The van der Waals surface area contributed by atoms with Crippen molar-refractivity contribution in [1.82, 2.24) is 10.6 Å². The fraction of sp³-hybridized carbons (Fsp3) is 0.429. The van der Waals surface area contributed by atoms with E-state index in [2.05, 4.69) is 16.0 Å². The maximum atomic E-state index is 11.8. The largest absolute Gasteiger partial charge is 0.374 e. The number of hydrogen-bond donors (Lipinski definition) is 3. The predicted molar refractivity (Wildman–Crippen MR) is 76.2 cm³/mol. The van der Waals surface area contributed by atoms with Crippen molar-refractivity contribution in [3.63, 3.8) is 0 Å². The van der Waals surface area contributed by atoms with Crippen LogP contribution in [0.3, 0.4) is 0 Å². The third-order valence-corrected chi connectivity index (χ3v) is 2.72. The number of imide groups is 1. The topological polar surface area (TPSA) is 70.2 Å². The second kappa shape index (κ2) is 6.78. The van der Waals surface area contributed by atoms with Gasteiger partial charge in [-0.3, -0.25) is 10.1 Å². The molecule has 0 aliphatic rings. The van der Waals surface area contributed by atoms with Gasteiger partial charge in [-0.25, -0.2) is 4.79 Å². The highest BCUT2D eigenvalue weighted by atomic mass is 16.2. The highest BCUT2D eigenvalue weighted by molar-refractivity contribution is 5.98. The van der Waals surface area contributed by atoms with Crippen LogP contribution in [0.5, 0.6) is 0 Å². The fourth-order valence-corrected chi connectivity index (χ4v) is 1.70. The van der Waals surface area contributed by atoms with Gasteiger partial charge >= 0.3 is 6.03 Å². The van der Waals surface area contributed by atoms with E-state index >= 15 is 0 Å². The van der Waals surface area contributed by atoms with Gasteiger partial charge in [0.25, 0.3) is 0 Å². The molecule has 3 N–H and O–H groups in total. The third-order valence-electron chi connectivity index (χ3n) is 2.72. The number of carbonyl (C=O) groups excluding carboxylic acids is 2. The Hall–Kier alpha value is -2.04. The van der Waals surface area contributed by atoms with E-state index in [0.29, 0.717) is 6.54 Å². The van der Waals surface area contributed by atoms with Crippen LogP contribution in [0.2, 0.25) is 0 Å². The Morgan fingerprint density at radius 1 is 1.26 bits per heavy atom. The summed E-state index contributed by atoms with van der Waals surface area (Å²) in [7, 11) is 0. The van der Waals surface area contributed by atoms with E-state index in [0.717, 1.165) is 11.3 Å². The Kier molecular flexibility index (Phi) is 5.36. The highest BCUT2D eigenvalue weighted by Gasteiger charge is 2.15. The summed E-state index contributed by atoms with van der Waals surface area (Å²) < 4.78 is 0. The molecular weight excluding hydrogens is 242 g/mol. The van der Waals surface area contributed by atoms with Gasteiger partial charge in [-0.2, -0.15) is 0 Å². The van der Waals surface area contributed by atoms with Crippen molar-refractivity contribution in [2.24, 2.45) is 0 Å². The van der Waals surface area contributed by atoms with E-state index in [1.807, 2.05) is 32.0 Å². The monoisotopic (exact) mass is 263 g/mol. The van der Waals surface area contributed by atoms with Crippen LogP contribution in [0.15, 0.2) is 18.2 Å². The van der Waals surface area contributed by atoms with Crippen LogP contribution in [0.4, 0.5) is 10.5 Å². The van der Waals surface area contributed by atoms with Gasteiger partial charge in [-0.1, -0.05) is 17.7 Å². The summed E-state index contributed by atoms with van der Waals surface area (Å²) in [5.74, 6) is -0.356. The van der Waals surface area contributed by atoms with Crippen LogP contribution < -0.4 is 16.0 Å². The van der Waals surface area contributed by atoms with Gasteiger partial charge < -0.3 is 10.6 Å². The molecule has 0 fully saturated rings. The van der Waals surface area contributed by atoms with E-state index in [-0.39, 0.29) is 5.91 Å². The maximum Gasteiger partial charge on any atom is 0.321 e. The van der Waals surface area contributed by atoms with E-state index in [4.69, 9.17) is 0 Å². The molecule has 5 nitrogen and oxygen atoms in total. The number of aryl methyl sites for hydroxylation is 2. The van der Waals surface area contributed by atoms with E-state index in [9.17, 15) is 9.59 Å². The lowest BCUT2D eigenvalue weighted by atomic mass is 10.1. The Morgan fingerprint density at radius 3 is 2.53 bits per heavy atom. The van der Waals surface area contributed by atoms with Crippen molar-refractivity contribution in [3.8, 4) is 0 Å². The predicted octanol–water partition coefficient (Wildman–Crippen LogP) is 1.95. The Morgan fingerprint density at radius 2 is 1.95 bits per heavy atom.